The van der Waals surface area contributed by atoms with Crippen LogP contribution in [-0.2, 0) is 4.79 Å². The second kappa shape index (κ2) is 4.65. The third-order valence-electron chi connectivity index (χ3n) is 1.98. The Balaban J connectivity index is 3.34. The van der Waals surface area contributed by atoms with Gasteiger partial charge in [-0.2, -0.15) is 0 Å². The largest absolute Gasteiger partial charge is 0.497 e. The summed E-state index contributed by atoms with van der Waals surface area (Å²) >= 11 is 0. The number of ether oxygens (including phenoxy) is 2. The Morgan fingerprint density at radius 2 is 1.94 bits per heavy atom. The zero-order chi connectivity index (χ0) is 12.3. The van der Waals surface area contributed by atoms with Crippen LogP contribution in [0.5, 0.6) is 11.5 Å². The fourth-order valence-electron chi connectivity index (χ4n) is 1.35. The predicted octanol–water partition coefficient (Wildman–Crippen LogP) is 1.63. The van der Waals surface area contributed by atoms with E-state index in [0.29, 0.717) is 11.3 Å². The highest BCUT2D eigenvalue weighted by Gasteiger charge is 2.17. The molecular formula is C11H12O5. The summed E-state index contributed by atoms with van der Waals surface area (Å²) in [7, 11) is 1.45. The van der Waals surface area contributed by atoms with Crippen LogP contribution in [0.25, 0.3) is 0 Å². The average Bonchev–Trinajstić information content (AvgIpc) is 2.14. The molecule has 1 aromatic rings. The Morgan fingerprint density at radius 3 is 2.38 bits per heavy atom. The number of carbonyl (C=O) groups excluding carboxylic acids is 1. The van der Waals surface area contributed by atoms with Crippen LogP contribution < -0.4 is 9.47 Å². The van der Waals surface area contributed by atoms with Gasteiger partial charge in [-0.25, -0.2) is 4.79 Å². The Bertz CT molecular complexity index is 436. The number of carbonyl (C=O) groups is 2. The first-order chi connectivity index (χ1) is 7.45. The molecule has 0 heterocycles. The van der Waals surface area contributed by atoms with Crippen LogP contribution in [0.4, 0.5) is 0 Å². The lowest BCUT2D eigenvalue weighted by molar-refractivity contribution is -0.131. The number of methoxy groups -OCH3 is 1. The van der Waals surface area contributed by atoms with Gasteiger partial charge in [0.25, 0.3) is 0 Å². The second-order valence-corrected chi connectivity index (χ2v) is 3.22. The maximum Gasteiger partial charge on any atom is 0.339 e. The van der Waals surface area contributed by atoms with Gasteiger partial charge in [-0.3, -0.25) is 4.79 Å². The number of hydrogen-bond donors (Lipinski definition) is 1. The third-order valence-corrected chi connectivity index (χ3v) is 1.98. The number of carboxylic acids is 1. The lowest BCUT2D eigenvalue weighted by atomic mass is 10.1. The lowest BCUT2D eigenvalue weighted by Crippen LogP contribution is -2.09. The molecule has 1 rings (SSSR count). The van der Waals surface area contributed by atoms with Crippen molar-refractivity contribution in [2.24, 2.45) is 0 Å². The fraction of sp³-hybridized carbons (Fsp3) is 0.273. The van der Waals surface area contributed by atoms with Gasteiger partial charge in [0.15, 0.2) is 0 Å². The first-order valence-corrected chi connectivity index (χ1v) is 4.56. The topological polar surface area (TPSA) is 72.8 Å². The molecule has 0 spiro atoms. The van der Waals surface area contributed by atoms with Crippen LogP contribution in [0.1, 0.15) is 22.8 Å². The van der Waals surface area contributed by atoms with Gasteiger partial charge >= 0.3 is 11.9 Å². The van der Waals surface area contributed by atoms with Crippen molar-refractivity contribution >= 4 is 11.9 Å². The lowest BCUT2D eigenvalue weighted by Gasteiger charge is -2.10. The van der Waals surface area contributed by atoms with Gasteiger partial charge in [0, 0.05) is 13.0 Å². The molecule has 86 valence electrons. The van der Waals surface area contributed by atoms with Gasteiger partial charge in [0.1, 0.15) is 17.1 Å². The Kier molecular flexibility index (Phi) is 3.50. The maximum atomic E-state index is 11.0. The molecule has 5 heteroatoms. The minimum atomic E-state index is -1.14. The predicted molar refractivity (Wildman–Crippen MR) is 56.0 cm³/mol. The van der Waals surface area contributed by atoms with E-state index in [9.17, 15) is 9.59 Å². The van der Waals surface area contributed by atoms with E-state index in [1.807, 2.05) is 0 Å². The quantitative estimate of drug-likeness (QED) is 0.624. The van der Waals surface area contributed by atoms with E-state index < -0.39 is 11.9 Å². The first kappa shape index (κ1) is 12.0. The first-order valence-electron chi connectivity index (χ1n) is 4.56. The Labute approximate surface area is 92.6 Å². The van der Waals surface area contributed by atoms with E-state index in [0.717, 1.165) is 0 Å². The molecule has 0 aliphatic heterocycles. The SMILES string of the molecule is COc1cc(C)c(C(=O)O)c(OC(C)=O)c1. The van der Waals surface area contributed by atoms with Crippen molar-refractivity contribution in [3.8, 4) is 11.5 Å². The second-order valence-electron chi connectivity index (χ2n) is 3.22. The summed E-state index contributed by atoms with van der Waals surface area (Å²) in [6.45, 7) is 2.82. The number of benzene rings is 1. The Hall–Kier alpha value is -2.04. The molecular weight excluding hydrogens is 212 g/mol. The van der Waals surface area contributed by atoms with E-state index >= 15 is 0 Å². The third kappa shape index (κ3) is 2.50. The monoisotopic (exact) mass is 224 g/mol. The van der Waals surface area contributed by atoms with Crippen LogP contribution in [0.3, 0.4) is 0 Å². The molecule has 0 fully saturated rings. The van der Waals surface area contributed by atoms with E-state index in [2.05, 4.69) is 0 Å². The number of aromatic carboxylic acids is 1. The molecule has 1 N–H and O–H groups in total. The molecule has 0 aliphatic carbocycles. The van der Waals surface area contributed by atoms with Crippen LogP contribution in [0.2, 0.25) is 0 Å². The van der Waals surface area contributed by atoms with Crippen molar-refractivity contribution in [3.05, 3.63) is 23.3 Å². The summed E-state index contributed by atoms with van der Waals surface area (Å²) in [5, 5.41) is 8.99. The summed E-state index contributed by atoms with van der Waals surface area (Å²) < 4.78 is 9.80. The van der Waals surface area contributed by atoms with Gasteiger partial charge in [0.05, 0.1) is 7.11 Å². The van der Waals surface area contributed by atoms with Gasteiger partial charge in [-0.05, 0) is 18.6 Å². The molecule has 0 aromatic heterocycles. The molecule has 1 aromatic carbocycles. The number of aryl methyl sites for hydroxylation is 1. The van der Waals surface area contributed by atoms with Crippen molar-refractivity contribution in [2.75, 3.05) is 7.11 Å². The van der Waals surface area contributed by atoms with Gasteiger partial charge in [-0.1, -0.05) is 0 Å². The molecule has 0 saturated heterocycles. The van der Waals surface area contributed by atoms with E-state index in [-0.39, 0.29) is 11.3 Å². The fourth-order valence-corrected chi connectivity index (χ4v) is 1.35. The van der Waals surface area contributed by atoms with Crippen molar-refractivity contribution in [1.29, 1.82) is 0 Å². The van der Waals surface area contributed by atoms with Crippen LogP contribution in [0.15, 0.2) is 12.1 Å². The normalized spacial score (nSPS) is 9.69. The van der Waals surface area contributed by atoms with Gasteiger partial charge < -0.3 is 14.6 Å². The standard InChI is InChI=1S/C11H12O5/c1-6-4-8(15-3)5-9(16-7(2)12)10(6)11(13)14/h4-5H,1-3H3,(H,13,14). The summed E-state index contributed by atoms with van der Waals surface area (Å²) in [5.41, 5.74) is 0.444. The zero-order valence-electron chi connectivity index (χ0n) is 9.23. The van der Waals surface area contributed by atoms with Crippen molar-refractivity contribution in [3.63, 3.8) is 0 Å². The van der Waals surface area contributed by atoms with Crippen molar-refractivity contribution < 1.29 is 24.2 Å². The summed E-state index contributed by atoms with van der Waals surface area (Å²) in [6.07, 6.45) is 0. The molecule has 0 radical (unpaired) electrons. The minimum absolute atomic E-state index is 0.00292. The summed E-state index contributed by atoms with van der Waals surface area (Å²) in [4.78, 5) is 21.8. The van der Waals surface area contributed by atoms with E-state index in [4.69, 9.17) is 14.6 Å². The number of esters is 1. The van der Waals surface area contributed by atoms with Crippen LogP contribution >= 0.6 is 0 Å². The smallest absolute Gasteiger partial charge is 0.339 e. The number of carboxylic acid groups (broad SMARTS) is 1. The highest BCUT2D eigenvalue weighted by molar-refractivity contribution is 5.93. The molecule has 0 aliphatic rings. The minimum Gasteiger partial charge on any atom is -0.497 e. The molecule has 0 saturated carbocycles. The highest BCUT2D eigenvalue weighted by Crippen LogP contribution is 2.28. The maximum absolute atomic E-state index is 11.0. The highest BCUT2D eigenvalue weighted by atomic mass is 16.5. The Morgan fingerprint density at radius 1 is 1.31 bits per heavy atom. The summed E-state index contributed by atoms with van der Waals surface area (Å²) in [5.74, 6) is -1.28. The molecule has 5 nitrogen and oxygen atoms in total. The van der Waals surface area contributed by atoms with Crippen LogP contribution in [-0.4, -0.2) is 24.2 Å². The van der Waals surface area contributed by atoms with Crippen molar-refractivity contribution in [2.45, 2.75) is 13.8 Å². The molecule has 0 bridgehead atoms. The van der Waals surface area contributed by atoms with Crippen LogP contribution in [0, 0.1) is 6.92 Å². The van der Waals surface area contributed by atoms with E-state index in [1.54, 1.807) is 13.0 Å². The zero-order valence-corrected chi connectivity index (χ0v) is 9.23. The number of rotatable bonds is 3. The van der Waals surface area contributed by atoms with E-state index in [1.165, 1.54) is 20.1 Å². The number of hydrogen-bond acceptors (Lipinski definition) is 4. The average molecular weight is 224 g/mol. The van der Waals surface area contributed by atoms with Gasteiger partial charge in [-0.15, -0.1) is 0 Å². The van der Waals surface area contributed by atoms with Crippen molar-refractivity contribution in [1.82, 2.24) is 0 Å². The summed E-state index contributed by atoms with van der Waals surface area (Å²) in [6, 6.07) is 2.94. The molecule has 0 atom stereocenters. The molecule has 0 amide bonds. The molecule has 0 unspecified atom stereocenters. The van der Waals surface area contributed by atoms with Gasteiger partial charge in [0.2, 0.25) is 0 Å². The molecule has 16 heavy (non-hydrogen) atoms.